The van der Waals surface area contributed by atoms with Crippen LogP contribution in [0.25, 0.3) is 5.03 Å². The Labute approximate surface area is 152 Å². The van der Waals surface area contributed by atoms with Gasteiger partial charge in [-0.2, -0.15) is 10.5 Å². The lowest BCUT2D eigenvalue weighted by molar-refractivity contribution is -0.118. The van der Waals surface area contributed by atoms with Gasteiger partial charge < -0.3 is 11.5 Å². The number of hydrazine groups is 2. The van der Waals surface area contributed by atoms with Crippen molar-refractivity contribution in [1.82, 2.24) is 15.6 Å². The maximum Gasteiger partial charge on any atom is 0.348 e. The Morgan fingerprint density at radius 1 is 1.25 bits per heavy atom. The number of hydrogen-bond acceptors (Lipinski definition) is 4. The molecule has 11 heteroatoms. The smallest absolute Gasteiger partial charge is 0.348 e. The monoisotopic (exact) mass is 390 g/mol. The molecule has 0 aromatic heterocycles. The van der Waals surface area contributed by atoms with Gasteiger partial charge in [-0.05, 0) is 17.2 Å². The Hall–Kier alpha value is -2.00. The number of urea groups is 1. The zero-order chi connectivity index (χ0) is 18.0. The van der Waals surface area contributed by atoms with Gasteiger partial charge in [0.15, 0.2) is 6.04 Å². The van der Waals surface area contributed by atoms with Crippen LogP contribution in [0.2, 0.25) is 0 Å². The van der Waals surface area contributed by atoms with Crippen LogP contribution in [0.4, 0.5) is 4.79 Å². The van der Waals surface area contributed by atoms with Crippen molar-refractivity contribution in [3.63, 3.8) is 0 Å². The van der Waals surface area contributed by atoms with E-state index in [0.29, 0.717) is 11.1 Å². The van der Waals surface area contributed by atoms with Crippen molar-refractivity contribution in [2.24, 2.45) is 11.5 Å². The summed E-state index contributed by atoms with van der Waals surface area (Å²) in [5.74, 6) is -1.01. The highest BCUT2D eigenvalue weighted by atomic mass is 35.5. The molecule has 1 heterocycles. The summed E-state index contributed by atoms with van der Waals surface area (Å²) >= 11 is 17.3. The fourth-order valence-electron chi connectivity index (χ4n) is 2.13. The number of halogens is 3. The average molecular weight is 392 g/mol. The fourth-order valence-corrected chi connectivity index (χ4v) is 2.47. The standard InChI is InChI=1S/C13H13Cl3N6O2/c14-8(10(15)16)7-3-1-2-6(4-7)5-21-11(17)9(12(18)23)20-22(21)13(19)24/h1-4,9,17,20H,5H2,(H2,18,23)(H2,19,24). The third-order valence-electron chi connectivity index (χ3n) is 3.22. The molecule has 24 heavy (non-hydrogen) atoms. The van der Waals surface area contributed by atoms with Crippen LogP contribution in [0.15, 0.2) is 28.8 Å². The van der Waals surface area contributed by atoms with E-state index in [2.05, 4.69) is 5.43 Å². The van der Waals surface area contributed by atoms with Crippen LogP contribution < -0.4 is 16.9 Å². The van der Waals surface area contributed by atoms with Gasteiger partial charge in [-0.3, -0.25) is 10.2 Å². The third-order valence-corrected chi connectivity index (χ3v) is 4.19. The summed E-state index contributed by atoms with van der Waals surface area (Å²) in [4.78, 5) is 22.9. The van der Waals surface area contributed by atoms with Crippen molar-refractivity contribution in [2.75, 3.05) is 0 Å². The number of nitrogens with two attached hydrogens (primary N) is 2. The second kappa shape index (κ2) is 7.27. The number of carbonyl (C=O) groups excluding carboxylic acids is 2. The molecule has 0 aliphatic carbocycles. The lowest BCUT2D eigenvalue weighted by atomic mass is 10.1. The normalized spacial score (nSPS) is 17.1. The molecule has 0 radical (unpaired) electrons. The summed E-state index contributed by atoms with van der Waals surface area (Å²) in [6.45, 7) is 0.0659. The van der Waals surface area contributed by atoms with E-state index >= 15 is 0 Å². The van der Waals surface area contributed by atoms with Crippen molar-refractivity contribution in [1.29, 1.82) is 5.41 Å². The second-order valence-corrected chi connectivity index (χ2v) is 6.16. The Morgan fingerprint density at radius 2 is 1.92 bits per heavy atom. The number of amidine groups is 1. The molecule has 1 fully saturated rings. The first-order chi connectivity index (χ1) is 11.2. The number of hydrogen-bond donors (Lipinski definition) is 4. The lowest BCUT2D eigenvalue weighted by Crippen LogP contribution is -2.50. The summed E-state index contributed by atoms with van der Waals surface area (Å²) in [6, 6.07) is 4.78. The molecule has 1 aliphatic heterocycles. The Bertz CT molecular complexity index is 734. The van der Waals surface area contributed by atoms with Gasteiger partial charge in [-0.1, -0.05) is 53.0 Å². The highest BCUT2D eigenvalue weighted by Gasteiger charge is 2.40. The van der Waals surface area contributed by atoms with Gasteiger partial charge in [0.1, 0.15) is 10.3 Å². The molecule has 1 aromatic carbocycles. The molecule has 6 N–H and O–H groups in total. The topological polar surface area (TPSA) is 129 Å². The first-order valence-corrected chi connectivity index (χ1v) is 7.66. The number of amides is 3. The zero-order valence-electron chi connectivity index (χ0n) is 12.1. The van der Waals surface area contributed by atoms with E-state index in [9.17, 15) is 9.59 Å². The lowest BCUT2D eigenvalue weighted by Gasteiger charge is -2.26. The zero-order valence-corrected chi connectivity index (χ0v) is 14.4. The van der Waals surface area contributed by atoms with Gasteiger partial charge >= 0.3 is 6.03 Å². The molecule has 0 saturated carbocycles. The van der Waals surface area contributed by atoms with Crippen LogP contribution in [0.3, 0.4) is 0 Å². The molecular weight excluding hydrogens is 379 g/mol. The number of nitrogens with one attached hydrogen (secondary N) is 2. The van der Waals surface area contributed by atoms with E-state index in [1.54, 1.807) is 24.3 Å². The maximum atomic E-state index is 11.5. The van der Waals surface area contributed by atoms with E-state index in [4.69, 9.17) is 51.7 Å². The first-order valence-electron chi connectivity index (χ1n) is 6.53. The third kappa shape index (κ3) is 3.73. The van der Waals surface area contributed by atoms with Crippen LogP contribution in [0, 0.1) is 5.41 Å². The molecule has 0 spiro atoms. The minimum atomic E-state index is -1.15. The molecule has 1 saturated heterocycles. The molecule has 1 aromatic rings. The van der Waals surface area contributed by atoms with E-state index in [1.807, 2.05) is 0 Å². The van der Waals surface area contributed by atoms with Gasteiger partial charge in [-0.25, -0.2) is 9.80 Å². The molecule has 8 nitrogen and oxygen atoms in total. The van der Waals surface area contributed by atoms with Gasteiger partial charge in [0, 0.05) is 0 Å². The summed E-state index contributed by atoms with van der Waals surface area (Å²) in [6.07, 6.45) is 0. The Morgan fingerprint density at radius 3 is 2.46 bits per heavy atom. The van der Waals surface area contributed by atoms with Gasteiger partial charge in [-0.15, -0.1) is 0 Å². The predicted molar refractivity (Wildman–Crippen MR) is 91.7 cm³/mol. The summed E-state index contributed by atoms with van der Waals surface area (Å²) < 4.78 is -0.0862. The highest BCUT2D eigenvalue weighted by molar-refractivity contribution is 6.66. The molecular formula is C13H13Cl3N6O2. The molecule has 1 atom stereocenters. The fraction of sp³-hybridized carbons (Fsp3) is 0.154. The Balaban J connectivity index is 2.30. The van der Waals surface area contributed by atoms with E-state index < -0.39 is 18.0 Å². The number of benzene rings is 1. The minimum absolute atomic E-state index is 0.0659. The van der Waals surface area contributed by atoms with Crippen LogP contribution in [-0.4, -0.2) is 33.9 Å². The number of nitrogens with zero attached hydrogens (tertiary/aromatic N) is 2. The summed E-state index contributed by atoms with van der Waals surface area (Å²) in [5, 5.41) is 10.2. The molecule has 3 amide bonds. The number of carbonyl (C=O) groups is 2. The highest BCUT2D eigenvalue weighted by Crippen LogP contribution is 2.28. The van der Waals surface area contributed by atoms with Gasteiger partial charge in [0.05, 0.1) is 11.6 Å². The van der Waals surface area contributed by atoms with Crippen LogP contribution in [0.1, 0.15) is 11.1 Å². The SMILES string of the molecule is N=C1C(C(N)=O)NN(C(N)=O)N1Cc1cccc(C(Cl)=C(Cl)Cl)c1. The van der Waals surface area contributed by atoms with Crippen molar-refractivity contribution in [3.05, 3.63) is 39.9 Å². The summed E-state index contributed by atoms with van der Waals surface area (Å²) in [5.41, 5.74) is 14.2. The predicted octanol–water partition coefficient (Wildman–Crippen LogP) is 1.48. The van der Waals surface area contributed by atoms with Gasteiger partial charge in [0.2, 0.25) is 5.91 Å². The van der Waals surface area contributed by atoms with Crippen LogP contribution in [-0.2, 0) is 11.3 Å². The minimum Gasteiger partial charge on any atom is -0.368 e. The van der Waals surface area contributed by atoms with Gasteiger partial charge in [0.25, 0.3) is 0 Å². The average Bonchev–Trinajstić information content (AvgIpc) is 2.84. The number of rotatable bonds is 4. The van der Waals surface area contributed by atoms with Crippen molar-refractivity contribution in [2.45, 2.75) is 12.6 Å². The van der Waals surface area contributed by atoms with E-state index in [0.717, 1.165) is 5.12 Å². The van der Waals surface area contributed by atoms with E-state index in [1.165, 1.54) is 5.01 Å². The molecule has 128 valence electrons. The van der Waals surface area contributed by atoms with Crippen LogP contribution in [0.5, 0.6) is 0 Å². The molecule has 0 bridgehead atoms. The molecule has 1 unspecified atom stereocenters. The summed E-state index contributed by atoms with van der Waals surface area (Å²) in [7, 11) is 0. The largest absolute Gasteiger partial charge is 0.368 e. The second-order valence-electron chi connectivity index (χ2n) is 4.83. The van der Waals surface area contributed by atoms with Crippen molar-refractivity contribution in [3.8, 4) is 0 Å². The van der Waals surface area contributed by atoms with Crippen molar-refractivity contribution >= 4 is 57.6 Å². The van der Waals surface area contributed by atoms with E-state index in [-0.39, 0.29) is 21.9 Å². The first kappa shape index (κ1) is 18.3. The molecule has 2 rings (SSSR count). The molecule has 1 aliphatic rings. The number of primary amides is 2. The van der Waals surface area contributed by atoms with Crippen molar-refractivity contribution < 1.29 is 9.59 Å². The quantitative estimate of drug-likeness (QED) is 0.619. The maximum absolute atomic E-state index is 11.5. The Kier molecular flexibility index (Phi) is 5.55. The van der Waals surface area contributed by atoms with Crippen LogP contribution >= 0.6 is 34.8 Å².